The predicted molar refractivity (Wildman–Crippen MR) is 100 cm³/mol. The Bertz CT molecular complexity index is 770. The first-order valence-corrected chi connectivity index (χ1v) is 8.82. The summed E-state index contributed by atoms with van der Waals surface area (Å²) in [6.07, 6.45) is 0.937. The van der Waals surface area contributed by atoms with Crippen molar-refractivity contribution in [3.8, 4) is 17.2 Å². The third-order valence-corrected chi connectivity index (χ3v) is 5.11. The van der Waals surface area contributed by atoms with Gasteiger partial charge in [-0.25, -0.2) is 0 Å². The monoisotopic (exact) mass is 341 g/mol. The number of hydrogen-bond donors (Lipinski definition) is 1. The van der Waals surface area contributed by atoms with E-state index < -0.39 is 0 Å². The second kappa shape index (κ2) is 7.36. The van der Waals surface area contributed by atoms with E-state index in [9.17, 15) is 0 Å². The van der Waals surface area contributed by atoms with E-state index in [1.54, 1.807) is 14.2 Å². The summed E-state index contributed by atoms with van der Waals surface area (Å²) in [7, 11) is 3.41. The van der Waals surface area contributed by atoms with Crippen molar-refractivity contribution in [2.24, 2.45) is 0 Å². The minimum atomic E-state index is 0.151. The van der Waals surface area contributed by atoms with Crippen molar-refractivity contribution in [1.82, 2.24) is 5.32 Å². The van der Waals surface area contributed by atoms with Crippen LogP contribution in [0.3, 0.4) is 0 Å². The summed E-state index contributed by atoms with van der Waals surface area (Å²) < 4.78 is 16.9. The van der Waals surface area contributed by atoms with E-state index in [-0.39, 0.29) is 6.04 Å². The number of fused-ring (bicyclic) bond motifs is 1. The molecule has 0 fully saturated rings. The molecule has 4 nitrogen and oxygen atoms in total. The number of benzene rings is 2. The minimum absolute atomic E-state index is 0.151. The molecule has 3 rings (SSSR count). The molecule has 0 saturated heterocycles. The van der Waals surface area contributed by atoms with Crippen LogP contribution in [0, 0.1) is 13.8 Å². The van der Waals surface area contributed by atoms with Crippen LogP contribution in [0.25, 0.3) is 0 Å². The normalized spacial score (nSPS) is 16.3. The summed E-state index contributed by atoms with van der Waals surface area (Å²) in [4.78, 5) is 0. The van der Waals surface area contributed by atoms with Gasteiger partial charge in [0.05, 0.1) is 26.9 Å². The fourth-order valence-electron chi connectivity index (χ4n) is 3.69. The van der Waals surface area contributed by atoms with Crippen molar-refractivity contribution in [2.75, 3.05) is 27.4 Å². The van der Waals surface area contributed by atoms with Crippen LogP contribution in [0.4, 0.5) is 0 Å². The molecule has 1 atom stereocenters. The molecule has 0 amide bonds. The zero-order valence-corrected chi connectivity index (χ0v) is 15.7. The second-order valence-corrected chi connectivity index (χ2v) is 6.34. The Morgan fingerprint density at radius 3 is 2.32 bits per heavy atom. The first-order chi connectivity index (χ1) is 12.1. The Morgan fingerprint density at radius 1 is 0.960 bits per heavy atom. The van der Waals surface area contributed by atoms with Gasteiger partial charge in [-0.05, 0) is 61.6 Å². The third-order valence-electron chi connectivity index (χ3n) is 5.11. The van der Waals surface area contributed by atoms with Gasteiger partial charge in [0.2, 0.25) is 0 Å². The van der Waals surface area contributed by atoms with Crippen LogP contribution in [-0.4, -0.2) is 27.4 Å². The van der Waals surface area contributed by atoms with Crippen LogP contribution in [0.5, 0.6) is 17.2 Å². The van der Waals surface area contributed by atoms with Crippen LogP contribution < -0.4 is 19.5 Å². The van der Waals surface area contributed by atoms with Crippen molar-refractivity contribution >= 4 is 0 Å². The molecule has 0 radical (unpaired) electrons. The van der Waals surface area contributed by atoms with Crippen LogP contribution in [0.1, 0.15) is 40.8 Å². The largest absolute Gasteiger partial charge is 0.496 e. The maximum absolute atomic E-state index is 5.93. The standard InChI is InChI=1S/C21H27NO3/c1-6-25-21-17-11-12-22-20(16(17)8-10-19(21)24-5)15-7-9-18(23-4)14(3)13(15)2/h7-10,20,22H,6,11-12H2,1-5H3. The smallest absolute Gasteiger partial charge is 0.164 e. The van der Waals surface area contributed by atoms with E-state index in [4.69, 9.17) is 14.2 Å². The molecule has 1 heterocycles. The number of nitrogens with one attached hydrogen (secondary N) is 1. The number of hydrogen-bond acceptors (Lipinski definition) is 4. The van der Waals surface area contributed by atoms with Gasteiger partial charge in [0.1, 0.15) is 5.75 Å². The lowest BCUT2D eigenvalue weighted by atomic mass is 9.86. The molecule has 134 valence electrons. The highest BCUT2D eigenvalue weighted by Gasteiger charge is 2.27. The summed E-state index contributed by atoms with van der Waals surface area (Å²) in [6.45, 7) is 7.83. The van der Waals surface area contributed by atoms with Crippen molar-refractivity contribution < 1.29 is 14.2 Å². The number of methoxy groups -OCH3 is 2. The molecule has 0 bridgehead atoms. The van der Waals surface area contributed by atoms with Gasteiger partial charge >= 0.3 is 0 Å². The van der Waals surface area contributed by atoms with Crippen LogP contribution in [0.2, 0.25) is 0 Å². The van der Waals surface area contributed by atoms with E-state index in [0.717, 1.165) is 30.2 Å². The molecular weight excluding hydrogens is 314 g/mol. The summed E-state index contributed by atoms with van der Waals surface area (Å²) in [5.74, 6) is 2.63. The summed E-state index contributed by atoms with van der Waals surface area (Å²) in [5.41, 5.74) is 6.25. The van der Waals surface area contributed by atoms with Crippen molar-refractivity contribution in [3.63, 3.8) is 0 Å². The first-order valence-electron chi connectivity index (χ1n) is 8.82. The molecule has 2 aromatic carbocycles. The van der Waals surface area contributed by atoms with Crippen molar-refractivity contribution in [2.45, 2.75) is 33.2 Å². The van der Waals surface area contributed by atoms with Crippen LogP contribution in [0.15, 0.2) is 24.3 Å². The summed E-state index contributed by atoms with van der Waals surface area (Å²) in [5, 5.41) is 3.67. The second-order valence-electron chi connectivity index (χ2n) is 6.34. The average molecular weight is 341 g/mol. The molecule has 1 aliphatic rings. The maximum atomic E-state index is 5.93. The Hall–Kier alpha value is -2.20. The van der Waals surface area contributed by atoms with Crippen molar-refractivity contribution in [1.29, 1.82) is 0 Å². The SMILES string of the molecule is CCOc1c(OC)ccc2c1CCNC2c1ccc(OC)c(C)c1C. The Balaban J connectivity index is 2.11. The highest BCUT2D eigenvalue weighted by Crippen LogP contribution is 2.41. The van der Waals surface area contributed by atoms with E-state index in [2.05, 4.69) is 37.4 Å². The van der Waals surface area contributed by atoms with E-state index in [0.29, 0.717) is 6.61 Å². The van der Waals surface area contributed by atoms with Gasteiger partial charge in [0, 0.05) is 12.1 Å². The first kappa shape index (κ1) is 17.6. The van der Waals surface area contributed by atoms with Crippen LogP contribution >= 0.6 is 0 Å². The zero-order valence-electron chi connectivity index (χ0n) is 15.7. The highest BCUT2D eigenvalue weighted by atomic mass is 16.5. The molecule has 1 aliphatic heterocycles. The van der Waals surface area contributed by atoms with Gasteiger partial charge in [-0.1, -0.05) is 12.1 Å². The Labute approximate surface area is 150 Å². The van der Waals surface area contributed by atoms with E-state index >= 15 is 0 Å². The predicted octanol–water partition coefficient (Wildman–Crippen LogP) is 3.95. The quantitative estimate of drug-likeness (QED) is 0.894. The molecule has 0 spiro atoms. The summed E-state index contributed by atoms with van der Waals surface area (Å²) >= 11 is 0. The fraction of sp³-hybridized carbons (Fsp3) is 0.429. The van der Waals surface area contributed by atoms with Crippen LogP contribution in [-0.2, 0) is 6.42 Å². The van der Waals surface area contributed by atoms with Crippen molar-refractivity contribution in [3.05, 3.63) is 52.1 Å². The molecule has 2 aromatic rings. The topological polar surface area (TPSA) is 39.7 Å². The van der Waals surface area contributed by atoms with Gasteiger partial charge in [-0.2, -0.15) is 0 Å². The highest BCUT2D eigenvalue weighted by molar-refractivity contribution is 5.56. The molecular formula is C21H27NO3. The Morgan fingerprint density at radius 2 is 1.64 bits per heavy atom. The molecule has 1 N–H and O–H groups in total. The molecule has 1 unspecified atom stereocenters. The van der Waals surface area contributed by atoms with Gasteiger partial charge in [-0.15, -0.1) is 0 Å². The molecule has 4 heteroatoms. The lowest BCUT2D eigenvalue weighted by Gasteiger charge is -2.31. The summed E-state index contributed by atoms with van der Waals surface area (Å²) in [6, 6.07) is 8.54. The molecule has 0 aliphatic carbocycles. The maximum Gasteiger partial charge on any atom is 0.164 e. The van der Waals surface area contributed by atoms with E-state index in [1.165, 1.54) is 27.8 Å². The van der Waals surface area contributed by atoms with Gasteiger partial charge in [-0.3, -0.25) is 0 Å². The van der Waals surface area contributed by atoms with Gasteiger partial charge in [0.25, 0.3) is 0 Å². The molecule has 0 aromatic heterocycles. The Kier molecular flexibility index (Phi) is 5.19. The molecule has 0 saturated carbocycles. The van der Waals surface area contributed by atoms with Gasteiger partial charge in [0.15, 0.2) is 11.5 Å². The minimum Gasteiger partial charge on any atom is -0.496 e. The van der Waals surface area contributed by atoms with E-state index in [1.807, 2.05) is 13.0 Å². The zero-order chi connectivity index (χ0) is 18.0. The molecule has 25 heavy (non-hydrogen) atoms. The fourth-order valence-corrected chi connectivity index (χ4v) is 3.69. The van der Waals surface area contributed by atoms with Gasteiger partial charge < -0.3 is 19.5 Å². The number of rotatable bonds is 5. The average Bonchev–Trinajstić information content (AvgIpc) is 2.64. The third kappa shape index (κ3) is 3.07. The lowest BCUT2D eigenvalue weighted by Crippen LogP contribution is -2.31. The number of ether oxygens (including phenoxy) is 3. The lowest BCUT2D eigenvalue weighted by molar-refractivity contribution is 0.305.